The van der Waals surface area contributed by atoms with Gasteiger partial charge >= 0.3 is 0 Å². The predicted octanol–water partition coefficient (Wildman–Crippen LogP) is 3.70. The first-order valence-corrected chi connectivity index (χ1v) is 7.71. The summed E-state index contributed by atoms with van der Waals surface area (Å²) in [5, 5.41) is 0. The van der Waals surface area contributed by atoms with Gasteiger partial charge in [-0.15, -0.1) is 0 Å². The molecule has 0 radical (unpaired) electrons. The van der Waals surface area contributed by atoms with Crippen LogP contribution in [0.15, 0.2) is 18.2 Å². The predicted molar refractivity (Wildman–Crippen MR) is 78.6 cm³/mol. The average Bonchev–Trinajstić information content (AvgIpc) is 3.25. The van der Waals surface area contributed by atoms with Gasteiger partial charge in [0.2, 0.25) is 0 Å². The fourth-order valence-electron chi connectivity index (χ4n) is 3.34. The minimum atomic E-state index is 0.161. The number of ether oxygens (including phenoxy) is 1. The van der Waals surface area contributed by atoms with E-state index in [1.165, 1.54) is 56.1 Å². The Balaban J connectivity index is 1.97. The van der Waals surface area contributed by atoms with Crippen molar-refractivity contribution >= 4 is 0 Å². The van der Waals surface area contributed by atoms with E-state index in [-0.39, 0.29) is 5.41 Å². The average molecular weight is 259 g/mol. The number of hydrogen-bond acceptors (Lipinski definition) is 2. The second-order valence-electron chi connectivity index (χ2n) is 6.36. The molecule has 2 aliphatic carbocycles. The third-order valence-electron chi connectivity index (χ3n) is 4.73. The molecule has 0 amide bonds. The summed E-state index contributed by atoms with van der Waals surface area (Å²) in [6.07, 6.45) is 9.27. The first kappa shape index (κ1) is 13.0. The molecule has 2 fully saturated rings. The summed E-state index contributed by atoms with van der Waals surface area (Å²) in [6.45, 7) is 2.91. The highest BCUT2D eigenvalue weighted by atomic mass is 16.5. The molecule has 1 aromatic rings. The number of nitrogens with two attached hydrogens (primary N) is 1. The molecule has 2 nitrogen and oxygen atoms in total. The molecule has 0 saturated heterocycles. The number of hydrogen-bond donors (Lipinski definition) is 1. The molecule has 2 N–H and O–H groups in total. The second kappa shape index (κ2) is 5.16. The molecule has 0 heterocycles. The topological polar surface area (TPSA) is 35.2 Å². The van der Waals surface area contributed by atoms with E-state index in [4.69, 9.17) is 10.5 Å². The molecular formula is C17H25NO. The molecule has 0 aromatic heterocycles. The van der Waals surface area contributed by atoms with Crippen LogP contribution in [0.1, 0.15) is 56.1 Å². The maximum atomic E-state index is 6.18. The van der Waals surface area contributed by atoms with Crippen molar-refractivity contribution in [1.29, 1.82) is 0 Å². The fraction of sp³-hybridized carbons (Fsp3) is 0.647. The minimum Gasteiger partial charge on any atom is -0.490 e. The standard InChI is InChI=1S/C17H25NO/c1-13-5-8-16(19-14-6-7-14)15(11-13)17(12-18)9-3-2-4-10-17/h5,8,11,14H,2-4,6-7,9-10,12,18H2,1H3. The summed E-state index contributed by atoms with van der Waals surface area (Å²) in [6, 6.07) is 6.64. The van der Waals surface area contributed by atoms with Crippen LogP contribution < -0.4 is 10.5 Å². The highest BCUT2D eigenvalue weighted by molar-refractivity contribution is 5.43. The van der Waals surface area contributed by atoms with Crippen molar-refractivity contribution in [3.63, 3.8) is 0 Å². The van der Waals surface area contributed by atoms with Crippen molar-refractivity contribution in [2.75, 3.05) is 6.54 Å². The van der Waals surface area contributed by atoms with E-state index >= 15 is 0 Å². The lowest BCUT2D eigenvalue weighted by Crippen LogP contribution is -2.37. The molecule has 19 heavy (non-hydrogen) atoms. The van der Waals surface area contributed by atoms with E-state index in [1.807, 2.05) is 0 Å². The Labute approximate surface area is 116 Å². The van der Waals surface area contributed by atoms with Crippen LogP contribution in [0.4, 0.5) is 0 Å². The van der Waals surface area contributed by atoms with Gasteiger partial charge in [-0.2, -0.15) is 0 Å². The Hall–Kier alpha value is -1.02. The molecule has 1 aromatic carbocycles. The SMILES string of the molecule is Cc1ccc(OC2CC2)c(C2(CN)CCCCC2)c1. The van der Waals surface area contributed by atoms with Crippen molar-refractivity contribution in [2.24, 2.45) is 5.73 Å². The maximum Gasteiger partial charge on any atom is 0.123 e. The minimum absolute atomic E-state index is 0.161. The van der Waals surface area contributed by atoms with Gasteiger partial charge in [0.15, 0.2) is 0 Å². The summed E-state index contributed by atoms with van der Waals surface area (Å²) in [5.74, 6) is 1.10. The van der Waals surface area contributed by atoms with Crippen LogP contribution >= 0.6 is 0 Å². The molecule has 0 atom stereocenters. The van der Waals surface area contributed by atoms with E-state index in [0.29, 0.717) is 6.10 Å². The maximum absolute atomic E-state index is 6.18. The molecule has 2 aliphatic rings. The number of rotatable bonds is 4. The van der Waals surface area contributed by atoms with Crippen LogP contribution in [-0.2, 0) is 5.41 Å². The lowest BCUT2D eigenvalue weighted by Gasteiger charge is -2.38. The Bertz CT molecular complexity index is 445. The summed E-state index contributed by atoms with van der Waals surface area (Å²) >= 11 is 0. The van der Waals surface area contributed by atoms with E-state index in [9.17, 15) is 0 Å². The smallest absolute Gasteiger partial charge is 0.123 e. The van der Waals surface area contributed by atoms with E-state index < -0.39 is 0 Å². The monoisotopic (exact) mass is 259 g/mol. The van der Waals surface area contributed by atoms with Gasteiger partial charge in [-0.25, -0.2) is 0 Å². The number of aryl methyl sites for hydroxylation is 1. The lowest BCUT2D eigenvalue weighted by molar-refractivity contribution is 0.263. The first-order chi connectivity index (χ1) is 9.23. The molecule has 0 bridgehead atoms. The van der Waals surface area contributed by atoms with Crippen LogP contribution in [-0.4, -0.2) is 12.6 Å². The van der Waals surface area contributed by atoms with Crippen LogP contribution in [0.25, 0.3) is 0 Å². The molecule has 0 aliphatic heterocycles. The van der Waals surface area contributed by atoms with Gasteiger partial charge in [-0.3, -0.25) is 0 Å². The summed E-state index contributed by atoms with van der Waals surface area (Å²) < 4.78 is 6.14. The summed E-state index contributed by atoms with van der Waals surface area (Å²) in [7, 11) is 0. The number of benzene rings is 1. The normalized spacial score (nSPS) is 22.2. The molecule has 0 unspecified atom stereocenters. The third-order valence-corrected chi connectivity index (χ3v) is 4.73. The van der Waals surface area contributed by atoms with Crippen LogP contribution in [0.3, 0.4) is 0 Å². The third kappa shape index (κ3) is 2.64. The highest BCUT2D eigenvalue weighted by Gasteiger charge is 2.36. The van der Waals surface area contributed by atoms with Crippen molar-refractivity contribution in [1.82, 2.24) is 0 Å². The van der Waals surface area contributed by atoms with Gasteiger partial charge in [0.05, 0.1) is 6.10 Å². The molecule has 0 spiro atoms. The van der Waals surface area contributed by atoms with Gasteiger partial charge in [0.1, 0.15) is 5.75 Å². The highest BCUT2D eigenvalue weighted by Crippen LogP contribution is 2.44. The van der Waals surface area contributed by atoms with Crippen molar-refractivity contribution in [2.45, 2.75) is 63.4 Å². The first-order valence-electron chi connectivity index (χ1n) is 7.71. The van der Waals surface area contributed by atoms with Crippen molar-refractivity contribution in [3.8, 4) is 5.75 Å². The van der Waals surface area contributed by atoms with Gasteiger partial charge in [0, 0.05) is 17.5 Å². The Kier molecular flexibility index (Phi) is 3.53. The van der Waals surface area contributed by atoms with Crippen molar-refractivity contribution in [3.05, 3.63) is 29.3 Å². The zero-order valence-electron chi connectivity index (χ0n) is 12.0. The van der Waals surface area contributed by atoms with Gasteiger partial charge in [-0.05, 0) is 38.7 Å². The van der Waals surface area contributed by atoms with Gasteiger partial charge in [-0.1, -0.05) is 37.0 Å². The quantitative estimate of drug-likeness (QED) is 0.895. The van der Waals surface area contributed by atoms with Crippen LogP contribution in [0.2, 0.25) is 0 Å². The van der Waals surface area contributed by atoms with Crippen LogP contribution in [0, 0.1) is 6.92 Å². The Morgan fingerprint density at radius 2 is 1.95 bits per heavy atom. The molecule has 2 saturated carbocycles. The Morgan fingerprint density at radius 1 is 1.21 bits per heavy atom. The van der Waals surface area contributed by atoms with E-state index in [1.54, 1.807) is 0 Å². The molecule has 2 heteroatoms. The largest absolute Gasteiger partial charge is 0.490 e. The molecule has 3 rings (SSSR count). The van der Waals surface area contributed by atoms with E-state index in [0.717, 1.165) is 12.3 Å². The van der Waals surface area contributed by atoms with Crippen LogP contribution in [0.5, 0.6) is 5.75 Å². The zero-order chi connectivity index (χ0) is 13.3. The second-order valence-corrected chi connectivity index (χ2v) is 6.36. The molecular weight excluding hydrogens is 234 g/mol. The lowest BCUT2D eigenvalue weighted by atomic mass is 9.69. The van der Waals surface area contributed by atoms with Crippen molar-refractivity contribution < 1.29 is 4.74 Å². The summed E-state index contributed by atoms with van der Waals surface area (Å²) in [5.41, 5.74) is 9.03. The summed E-state index contributed by atoms with van der Waals surface area (Å²) in [4.78, 5) is 0. The van der Waals surface area contributed by atoms with Gasteiger partial charge in [0.25, 0.3) is 0 Å². The van der Waals surface area contributed by atoms with Gasteiger partial charge < -0.3 is 10.5 Å². The zero-order valence-corrected chi connectivity index (χ0v) is 12.0. The van der Waals surface area contributed by atoms with E-state index in [2.05, 4.69) is 25.1 Å². The molecule has 104 valence electrons. The fourth-order valence-corrected chi connectivity index (χ4v) is 3.34. The Morgan fingerprint density at radius 3 is 2.58 bits per heavy atom.